The van der Waals surface area contributed by atoms with Gasteiger partial charge in [0.2, 0.25) is 5.91 Å². The van der Waals surface area contributed by atoms with E-state index in [1.165, 1.54) is 244 Å². The molecule has 0 aliphatic heterocycles. The first-order chi connectivity index (χ1) is 27.2. The van der Waals surface area contributed by atoms with E-state index in [9.17, 15) is 15.0 Å². The topological polar surface area (TPSA) is 69.6 Å². The van der Waals surface area contributed by atoms with Gasteiger partial charge in [0.05, 0.1) is 18.8 Å². The number of hydrogen-bond acceptors (Lipinski definition) is 3. The van der Waals surface area contributed by atoms with Crippen LogP contribution in [0.5, 0.6) is 0 Å². The molecule has 0 saturated carbocycles. The Morgan fingerprint density at radius 2 is 0.673 bits per heavy atom. The van der Waals surface area contributed by atoms with Crippen LogP contribution in [-0.4, -0.2) is 34.9 Å². The highest BCUT2D eigenvalue weighted by Crippen LogP contribution is 2.17. The van der Waals surface area contributed by atoms with Gasteiger partial charge in [-0.1, -0.05) is 276 Å². The number of hydrogen-bond donors (Lipinski definition) is 3. The first-order valence-corrected chi connectivity index (χ1v) is 25.4. The molecule has 0 fully saturated rings. The zero-order valence-corrected chi connectivity index (χ0v) is 37.7. The number of carbonyl (C=O) groups excluding carboxylic acids is 1. The van der Waals surface area contributed by atoms with E-state index in [1.54, 1.807) is 6.08 Å². The molecule has 0 rings (SSSR count). The average Bonchev–Trinajstić information content (AvgIpc) is 3.19. The zero-order chi connectivity index (χ0) is 40.0. The van der Waals surface area contributed by atoms with Gasteiger partial charge in [-0.2, -0.15) is 0 Å². The zero-order valence-electron chi connectivity index (χ0n) is 37.7. The molecule has 0 heterocycles. The van der Waals surface area contributed by atoms with E-state index < -0.39 is 12.1 Å². The van der Waals surface area contributed by atoms with Crippen LogP contribution in [0, 0.1) is 0 Å². The summed E-state index contributed by atoms with van der Waals surface area (Å²) >= 11 is 0. The number of nitrogens with one attached hydrogen (secondary N) is 1. The molecule has 0 aliphatic carbocycles. The Morgan fingerprint density at radius 1 is 0.418 bits per heavy atom. The maximum Gasteiger partial charge on any atom is 0.220 e. The van der Waals surface area contributed by atoms with E-state index >= 15 is 0 Å². The van der Waals surface area contributed by atoms with Crippen LogP contribution in [0.2, 0.25) is 0 Å². The number of aliphatic hydroxyl groups is 2. The summed E-state index contributed by atoms with van der Waals surface area (Å²) < 4.78 is 0. The summed E-state index contributed by atoms with van der Waals surface area (Å²) in [6.45, 7) is 4.31. The highest BCUT2D eigenvalue weighted by atomic mass is 16.3. The third-order valence-electron chi connectivity index (χ3n) is 12.0. The molecule has 1 amide bonds. The smallest absolute Gasteiger partial charge is 0.220 e. The molecule has 0 aromatic heterocycles. The van der Waals surface area contributed by atoms with Gasteiger partial charge in [0, 0.05) is 6.42 Å². The van der Waals surface area contributed by atoms with Crippen molar-refractivity contribution in [1.82, 2.24) is 5.32 Å². The summed E-state index contributed by atoms with van der Waals surface area (Å²) in [6, 6.07) is -0.615. The molecule has 0 bridgehead atoms. The second-order valence-corrected chi connectivity index (χ2v) is 17.6. The second kappa shape index (κ2) is 47.5. The van der Waals surface area contributed by atoms with Gasteiger partial charge >= 0.3 is 0 Å². The molecule has 2 atom stereocenters. The van der Waals surface area contributed by atoms with Crippen molar-refractivity contribution >= 4 is 5.91 Å². The number of amides is 1. The van der Waals surface area contributed by atoms with Crippen molar-refractivity contribution in [2.24, 2.45) is 0 Å². The average molecular weight is 776 g/mol. The van der Waals surface area contributed by atoms with Crippen LogP contribution in [0.1, 0.15) is 290 Å². The van der Waals surface area contributed by atoms with Crippen LogP contribution in [0.25, 0.3) is 0 Å². The van der Waals surface area contributed by atoms with Crippen LogP contribution < -0.4 is 5.32 Å². The number of allylic oxidation sites excluding steroid dienone is 1. The second-order valence-electron chi connectivity index (χ2n) is 17.6. The van der Waals surface area contributed by atoms with Crippen LogP contribution in [0.3, 0.4) is 0 Å². The van der Waals surface area contributed by atoms with Gasteiger partial charge in [-0.3, -0.25) is 4.79 Å². The molecule has 4 heteroatoms. The monoisotopic (exact) mass is 776 g/mol. The van der Waals surface area contributed by atoms with Crippen LogP contribution >= 0.6 is 0 Å². The third kappa shape index (κ3) is 44.1. The van der Waals surface area contributed by atoms with Crippen LogP contribution in [-0.2, 0) is 4.79 Å². The minimum Gasteiger partial charge on any atom is -0.394 e. The van der Waals surface area contributed by atoms with Crippen LogP contribution in [0.4, 0.5) is 0 Å². The summed E-state index contributed by atoms with van der Waals surface area (Å²) in [5.41, 5.74) is 0. The van der Waals surface area contributed by atoms with E-state index in [4.69, 9.17) is 0 Å². The van der Waals surface area contributed by atoms with Crippen molar-refractivity contribution in [2.75, 3.05) is 6.61 Å². The Hall–Kier alpha value is -0.870. The largest absolute Gasteiger partial charge is 0.394 e. The SMILES string of the molecule is CCCCCCCCCC/C=C/[C@@H](O)[C@H](CO)NC(=O)CCCCCCCCCCCCCCCCCCCCCCCCCCCCCCCCCCC. The van der Waals surface area contributed by atoms with Gasteiger partial charge in [-0.05, 0) is 19.3 Å². The first-order valence-electron chi connectivity index (χ1n) is 25.4. The molecule has 0 aliphatic rings. The highest BCUT2D eigenvalue weighted by molar-refractivity contribution is 5.76. The van der Waals surface area contributed by atoms with E-state index in [0.717, 1.165) is 25.7 Å². The van der Waals surface area contributed by atoms with Gasteiger partial charge in [0.1, 0.15) is 0 Å². The van der Waals surface area contributed by atoms with Gasteiger partial charge in [0.25, 0.3) is 0 Å². The minimum atomic E-state index is -0.832. The fourth-order valence-electron chi connectivity index (χ4n) is 8.12. The fraction of sp³-hybridized carbons (Fsp3) is 0.941. The predicted octanol–water partition coefficient (Wildman–Crippen LogP) is 16.2. The summed E-state index contributed by atoms with van der Waals surface area (Å²) in [5, 5.41) is 22.9. The lowest BCUT2D eigenvalue weighted by molar-refractivity contribution is -0.123. The van der Waals surface area contributed by atoms with E-state index in [0.29, 0.717) is 6.42 Å². The number of carbonyl (C=O) groups is 1. The van der Waals surface area contributed by atoms with Crippen molar-refractivity contribution in [3.63, 3.8) is 0 Å². The molecule has 0 spiro atoms. The normalized spacial score (nSPS) is 12.9. The number of unbranched alkanes of at least 4 members (excludes halogenated alkanes) is 40. The fourth-order valence-corrected chi connectivity index (χ4v) is 8.12. The summed E-state index contributed by atoms with van der Waals surface area (Å²) in [7, 11) is 0. The number of aliphatic hydroxyl groups excluding tert-OH is 2. The molecule has 55 heavy (non-hydrogen) atoms. The Kier molecular flexibility index (Phi) is 46.8. The lowest BCUT2D eigenvalue weighted by Crippen LogP contribution is -2.45. The third-order valence-corrected chi connectivity index (χ3v) is 12.0. The standard InChI is InChI=1S/C51H101NO3/c1-3-5-7-9-11-13-15-16-17-18-19-20-21-22-23-24-25-26-27-28-29-30-31-32-33-34-35-36-37-39-41-43-45-47-51(55)52-49(48-53)50(54)46-44-42-40-38-14-12-10-8-6-4-2/h44,46,49-50,53-54H,3-43,45,47-48H2,1-2H3,(H,52,55)/b46-44+/t49-,50+/m0/s1. The maximum atomic E-state index is 12.4. The van der Waals surface area contributed by atoms with E-state index in [-0.39, 0.29) is 12.5 Å². The van der Waals surface area contributed by atoms with Crippen molar-refractivity contribution in [2.45, 2.75) is 302 Å². The van der Waals surface area contributed by atoms with Gasteiger partial charge < -0.3 is 15.5 Å². The molecular weight excluding hydrogens is 675 g/mol. The van der Waals surface area contributed by atoms with Gasteiger partial charge in [0.15, 0.2) is 0 Å². The molecule has 328 valence electrons. The van der Waals surface area contributed by atoms with E-state index in [1.807, 2.05) is 6.08 Å². The van der Waals surface area contributed by atoms with Crippen molar-refractivity contribution < 1.29 is 15.0 Å². The molecular formula is C51H101NO3. The summed E-state index contributed by atoms with van der Waals surface area (Å²) in [5.74, 6) is -0.0599. The van der Waals surface area contributed by atoms with Crippen molar-refractivity contribution in [1.29, 1.82) is 0 Å². The molecule has 0 saturated heterocycles. The summed E-state index contributed by atoms with van der Waals surface area (Å²) in [4.78, 5) is 12.4. The Balaban J connectivity index is 3.35. The predicted molar refractivity (Wildman–Crippen MR) is 244 cm³/mol. The molecule has 0 aromatic rings. The Bertz CT molecular complexity index is 754. The van der Waals surface area contributed by atoms with Crippen LogP contribution in [0.15, 0.2) is 12.2 Å². The molecule has 0 aromatic carbocycles. The minimum absolute atomic E-state index is 0.0599. The first kappa shape index (κ1) is 54.1. The molecule has 4 nitrogen and oxygen atoms in total. The summed E-state index contributed by atoms with van der Waals surface area (Å²) in [6.07, 6.45) is 60.9. The number of rotatable bonds is 47. The maximum absolute atomic E-state index is 12.4. The van der Waals surface area contributed by atoms with Crippen molar-refractivity contribution in [3.05, 3.63) is 12.2 Å². The quantitative estimate of drug-likeness (QED) is 0.0426. The molecule has 0 unspecified atom stereocenters. The van der Waals surface area contributed by atoms with Gasteiger partial charge in [-0.15, -0.1) is 0 Å². The van der Waals surface area contributed by atoms with E-state index in [2.05, 4.69) is 19.2 Å². The Morgan fingerprint density at radius 3 is 0.945 bits per heavy atom. The van der Waals surface area contributed by atoms with Crippen molar-refractivity contribution in [3.8, 4) is 0 Å². The molecule has 3 N–H and O–H groups in total. The Labute approximate surface area is 346 Å². The van der Waals surface area contributed by atoms with Gasteiger partial charge in [-0.25, -0.2) is 0 Å². The highest BCUT2D eigenvalue weighted by Gasteiger charge is 2.18. The lowest BCUT2D eigenvalue weighted by Gasteiger charge is -2.20. The molecule has 0 radical (unpaired) electrons. The lowest BCUT2D eigenvalue weighted by atomic mass is 10.0.